The number of carbonyl (C=O) groups is 3. The number of methoxy groups -OCH3 is 1. The second kappa shape index (κ2) is 6.34. The third-order valence-corrected chi connectivity index (χ3v) is 6.04. The fourth-order valence-electron chi connectivity index (χ4n) is 4.58. The van der Waals surface area contributed by atoms with E-state index < -0.39 is 29.4 Å². The lowest BCUT2D eigenvalue weighted by Crippen LogP contribution is -2.59. The first-order valence-electron chi connectivity index (χ1n) is 9.22. The Hall–Kier alpha value is -2.87. The molecule has 0 radical (unpaired) electrons. The molecule has 1 aromatic carbocycles. The molecule has 4 rings (SSSR count). The molecule has 1 N–H and O–H groups in total. The fraction of sp³-hybridized carbons (Fsp3) is 0.450. The van der Waals surface area contributed by atoms with E-state index in [1.807, 2.05) is 38.1 Å². The van der Waals surface area contributed by atoms with Crippen molar-refractivity contribution in [1.29, 1.82) is 0 Å². The zero-order valence-corrected chi connectivity index (χ0v) is 16.2. The average molecular weight is 382 g/mol. The number of imide groups is 1. The van der Waals surface area contributed by atoms with E-state index in [1.54, 1.807) is 6.20 Å². The zero-order chi connectivity index (χ0) is 20.2. The Bertz CT molecular complexity index is 991. The number of fused-ring (bicyclic) bond motifs is 2. The summed E-state index contributed by atoms with van der Waals surface area (Å²) in [5, 5.41) is 3.27. The van der Waals surface area contributed by atoms with Gasteiger partial charge in [-0.25, -0.2) is 4.98 Å². The number of carbonyl (C=O) groups excluding carboxylic acids is 3. The van der Waals surface area contributed by atoms with Crippen LogP contribution in [0, 0.1) is 17.8 Å². The molecular weight excluding hydrogens is 360 g/mol. The molecule has 4 atom stereocenters. The highest BCUT2D eigenvalue weighted by molar-refractivity contribution is 6.09. The van der Waals surface area contributed by atoms with Crippen molar-refractivity contribution in [1.82, 2.24) is 20.2 Å². The van der Waals surface area contributed by atoms with Crippen LogP contribution in [0.5, 0.6) is 0 Å². The van der Waals surface area contributed by atoms with Crippen molar-refractivity contribution in [3.63, 3.8) is 0 Å². The maximum atomic E-state index is 12.9. The first-order valence-corrected chi connectivity index (χ1v) is 9.22. The number of nitrogens with zero attached hydrogens (tertiary/aromatic N) is 3. The van der Waals surface area contributed by atoms with E-state index in [1.165, 1.54) is 14.2 Å². The predicted molar refractivity (Wildman–Crippen MR) is 99.8 cm³/mol. The van der Waals surface area contributed by atoms with E-state index >= 15 is 0 Å². The van der Waals surface area contributed by atoms with Crippen LogP contribution >= 0.6 is 0 Å². The minimum atomic E-state index is -1.31. The lowest BCUT2D eigenvalue weighted by molar-refractivity contribution is -0.156. The molecule has 2 aliphatic heterocycles. The number of amides is 2. The largest absolute Gasteiger partial charge is 0.468 e. The molecule has 0 saturated carbocycles. The van der Waals surface area contributed by atoms with E-state index in [4.69, 9.17) is 4.74 Å². The monoisotopic (exact) mass is 382 g/mol. The van der Waals surface area contributed by atoms with E-state index in [2.05, 4.69) is 15.3 Å². The summed E-state index contributed by atoms with van der Waals surface area (Å²) in [6.45, 7) is 3.68. The van der Waals surface area contributed by atoms with Gasteiger partial charge in [0.15, 0.2) is 0 Å². The number of ether oxygens (including phenoxy) is 1. The molecule has 0 bridgehead atoms. The molecule has 2 saturated heterocycles. The highest BCUT2D eigenvalue weighted by Crippen LogP contribution is 2.51. The number of rotatable bonds is 3. The summed E-state index contributed by atoms with van der Waals surface area (Å²) in [5.74, 6) is -3.13. The predicted octanol–water partition coefficient (Wildman–Crippen LogP) is 1.07. The Balaban J connectivity index is 1.89. The van der Waals surface area contributed by atoms with Crippen LogP contribution in [-0.4, -0.2) is 52.3 Å². The highest BCUT2D eigenvalue weighted by Gasteiger charge is 2.69. The summed E-state index contributed by atoms with van der Waals surface area (Å²) in [5.41, 5.74) is 0.629. The van der Waals surface area contributed by atoms with Crippen LogP contribution in [0.3, 0.4) is 0 Å². The van der Waals surface area contributed by atoms with Crippen molar-refractivity contribution in [2.75, 3.05) is 14.2 Å². The number of para-hydroxylation sites is 2. The van der Waals surface area contributed by atoms with Crippen molar-refractivity contribution >= 4 is 28.8 Å². The smallest absolute Gasteiger partial charge is 0.327 e. The Kier molecular flexibility index (Phi) is 4.19. The number of hydrogen-bond acceptors (Lipinski definition) is 7. The van der Waals surface area contributed by atoms with Crippen LogP contribution in [0.1, 0.15) is 25.6 Å². The molecule has 0 aliphatic carbocycles. The standard InChI is InChI=1S/C20H22N4O4/c1-10(2)20(19(27)28-4)15-14(17(25)24(3)18(15)26)16(23-20)13-9-21-11-7-5-6-8-12(11)22-13/h5-10,14-16,23H,1-4H3/t14-,15-,16-,20-/m1/s1. The number of likely N-dealkylation sites (tertiary alicyclic amines) is 1. The fourth-order valence-corrected chi connectivity index (χ4v) is 4.58. The van der Waals surface area contributed by atoms with E-state index in [0.29, 0.717) is 11.2 Å². The van der Waals surface area contributed by atoms with Crippen molar-refractivity contribution < 1.29 is 19.1 Å². The Morgan fingerprint density at radius 3 is 2.54 bits per heavy atom. The second-order valence-electron chi connectivity index (χ2n) is 7.66. The Labute approximate surface area is 162 Å². The summed E-state index contributed by atoms with van der Waals surface area (Å²) < 4.78 is 5.06. The van der Waals surface area contributed by atoms with Crippen molar-refractivity contribution in [3.8, 4) is 0 Å². The molecule has 2 aromatic rings. The molecule has 8 heteroatoms. The van der Waals surface area contributed by atoms with Gasteiger partial charge < -0.3 is 4.74 Å². The molecular formula is C20H22N4O4. The average Bonchev–Trinajstić information content (AvgIpc) is 3.18. The zero-order valence-electron chi connectivity index (χ0n) is 16.2. The molecule has 0 spiro atoms. The first kappa shape index (κ1) is 18.5. The van der Waals surface area contributed by atoms with Gasteiger partial charge in [0, 0.05) is 7.05 Å². The van der Waals surface area contributed by atoms with Crippen LogP contribution in [0.4, 0.5) is 0 Å². The van der Waals surface area contributed by atoms with Crippen molar-refractivity contribution in [2.45, 2.75) is 25.4 Å². The van der Waals surface area contributed by atoms with Crippen molar-refractivity contribution in [2.24, 2.45) is 17.8 Å². The SMILES string of the molecule is COC(=O)[C@]1(C(C)C)N[C@H](c2cnc3ccccc3n2)[C@@H]2C(=O)N(C)C(=O)[C@@H]21. The molecule has 0 unspecified atom stereocenters. The summed E-state index contributed by atoms with van der Waals surface area (Å²) in [4.78, 5) is 48.9. The van der Waals surface area contributed by atoms with Crippen LogP contribution in [0.2, 0.25) is 0 Å². The third-order valence-electron chi connectivity index (χ3n) is 6.04. The molecule has 146 valence electrons. The third kappa shape index (κ3) is 2.30. The summed E-state index contributed by atoms with van der Waals surface area (Å²) in [6.07, 6.45) is 1.60. The van der Waals surface area contributed by atoms with Crippen molar-refractivity contribution in [3.05, 3.63) is 36.2 Å². The number of hydrogen-bond donors (Lipinski definition) is 1. The van der Waals surface area contributed by atoms with E-state index in [-0.39, 0.29) is 17.7 Å². The van der Waals surface area contributed by atoms with Crippen LogP contribution in [0.25, 0.3) is 11.0 Å². The van der Waals surface area contributed by atoms with Crippen LogP contribution in [-0.2, 0) is 19.1 Å². The quantitative estimate of drug-likeness (QED) is 0.626. The molecule has 28 heavy (non-hydrogen) atoms. The van der Waals surface area contributed by atoms with Gasteiger partial charge in [-0.05, 0) is 18.1 Å². The van der Waals surface area contributed by atoms with Crippen LogP contribution in [0.15, 0.2) is 30.5 Å². The van der Waals surface area contributed by atoms with Gasteiger partial charge in [-0.1, -0.05) is 26.0 Å². The Morgan fingerprint density at radius 1 is 1.21 bits per heavy atom. The first-order chi connectivity index (χ1) is 13.3. The topological polar surface area (TPSA) is 101 Å². The van der Waals surface area contributed by atoms with Gasteiger partial charge in [-0.15, -0.1) is 0 Å². The number of aromatic nitrogens is 2. The number of nitrogens with one attached hydrogen (secondary N) is 1. The normalized spacial score (nSPS) is 29.6. The van der Waals surface area contributed by atoms with Gasteiger partial charge in [0.2, 0.25) is 11.8 Å². The number of esters is 1. The van der Waals surface area contributed by atoms with Gasteiger partial charge in [0.05, 0.1) is 47.9 Å². The molecule has 3 heterocycles. The molecule has 2 fully saturated rings. The lowest BCUT2D eigenvalue weighted by Gasteiger charge is -2.35. The Morgan fingerprint density at radius 2 is 1.89 bits per heavy atom. The summed E-state index contributed by atoms with van der Waals surface area (Å²) in [6, 6.07) is 6.79. The lowest BCUT2D eigenvalue weighted by atomic mass is 9.73. The maximum Gasteiger partial charge on any atom is 0.327 e. The summed E-state index contributed by atoms with van der Waals surface area (Å²) >= 11 is 0. The van der Waals surface area contributed by atoms with Gasteiger partial charge in [0.25, 0.3) is 0 Å². The second-order valence-corrected chi connectivity index (χ2v) is 7.66. The van der Waals surface area contributed by atoms with E-state index in [9.17, 15) is 14.4 Å². The van der Waals surface area contributed by atoms with Gasteiger partial charge >= 0.3 is 5.97 Å². The molecule has 2 amide bonds. The van der Waals surface area contributed by atoms with Gasteiger partial charge in [-0.2, -0.15) is 0 Å². The minimum Gasteiger partial charge on any atom is -0.468 e. The summed E-state index contributed by atoms with van der Waals surface area (Å²) in [7, 11) is 2.74. The molecule has 1 aromatic heterocycles. The van der Waals surface area contributed by atoms with Crippen LogP contribution < -0.4 is 5.32 Å². The van der Waals surface area contributed by atoms with Gasteiger partial charge in [-0.3, -0.25) is 29.6 Å². The maximum absolute atomic E-state index is 12.9. The number of benzene rings is 1. The minimum absolute atomic E-state index is 0.283. The highest BCUT2D eigenvalue weighted by atomic mass is 16.5. The molecule has 2 aliphatic rings. The van der Waals surface area contributed by atoms with E-state index in [0.717, 1.165) is 10.4 Å². The molecule has 8 nitrogen and oxygen atoms in total. The van der Waals surface area contributed by atoms with Gasteiger partial charge in [0.1, 0.15) is 5.54 Å².